The Morgan fingerprint density at radius 3 is 2.40 bits per heavy atom. The first kappa shape index (κ1) is 10.2. The fraction of sp³-hybridized carbons (Fsp3) is 0.636. The van der Waals surface area contributed by atoms with Gasteiger partial charge in [0.2, 0.25) is 5.95 Å². The Morgan fingerprint density at radius 1 is 1.07 bits per heavy atom. The first-order valence-electron chi connectivity index (χ1n) is 5.70. The summed E-state index contributed by atoms with van der Waals surface area (Å²) >= 11 is 0. The Balaban J connectivity index is 2.06. The zero-order valence-corrected chi connectivity index (χ0v) is 9.02. The molecule has 4 heteroatoms. The van der Waals surface area contributed by atoms with E-state index in [0.717, 1.165) is 18.9 Å². The fourth-order valence-corrected chi connectivity index (χ4v) is 2.02. The average molecular weight is 206 g/mol. The summed E-state index contributed by atoms with van der Waals surface area (Å²) < 4.78 is 0. The highest BCUT2D eigenvalue weighted by Crippen LogP contribution is 2.16. The predicted octanol–water partition coefficient (Wildman–Crippen LogP) is 1.83. The molecule has 0 bridgehead atoms. The second kappa shape index (κ2) is 4.96. The van der Waals surface area contributed by atoms with Crippen molar-refractivity contribution in [3.63, 3.8) is 0 Å². The van der Waals surface area contributed by atoms with Gasteiger partial charge in [0, 0.05) is 19.3 Å². The molecule has 1 aliphatic heterocycles. The van der Waals surface area contributed by atoms with Crippen LogP contribution in [0.2, 0.25) is 0 Å². The van der Waals surface area contributed by atoms with Gasteiger partial charge in [-0.05, 0) is 18.9 Å². The summed E-state index contributed by atoms with van der Waals surface area (Å²) in [7, 11) is 0. The molecule has 0 radical (unpaired) electrons. The molecule has 0 saturated carbocycles. The second-order valence-corrected chi connectivity index (χ2v) is 4.03. The maximum absolute atomic E-state index is 5.59. The summed E-state index contributed by atoms with van der Waals surface area (Å²) in [6.45, 7) is 2.19. The highest BCUT2D eigenvalue weighted by Gasteiger charge is 2.10. The molecule has 0 amide bonds. The lowest BCUT2D eigenvalue weighted by Crippen LogP contribution is -2.28. The van der Waals surface area contributed by atoms with Gasteiger partial charge in [0.15, 0.2) is 0 Å². The summed E-state index contributed by atoms with van der Waals surface area (Å²) in [6.07, 6.45) is 8.28. The van der Waals surface area contributed by atoms with Gasteiger partial charge in [0.05, 0.1) is 0 Å². The van der Waals surface area contributed by atoms with E-state index >= 15 is 0 Å². The summed E-state index contributed by atoms with van der Waals surface area (Å²) in [6, 6.07) is 1.94. The normalized spacial score (nSPS) is 18.3. The topological polar surface area (TPSA) is 55.0 Å². The molecule has 0 aromatic carbocycles. The standard InChI is InChI=1S/C11H18N4/c12-11-13-7-6-10(14-11)15-8-4-2-1-3-5-9-15/h6-7H,1-5,8-9H2,(H2,12,13,14). The molecule has 0 aliphatic carbocycles. The smallest absolute Gasteiger partial charge is 0.221 e. The fourth-order valence-electron chi connectivity index (χ4n) is 2.02. The van der Waals surface area contributed by atoms with Crippen molar-refractivity contribution in [1.82, 2.24) is 9.97 Å². The van der Waals surface area contributed by atoms with Gasteiger partial charge < -0.3 is 10.6 Å². The van der Waals surface area contributed by atoms with E-state index in [0.29, 0.717) is 5.95 Å². The Bertz CT molecular complexity index is 305. The number of nitrogens with zero attached hydrogens (tertiary/aromatic N) is 3. The van der Waals surface area contributed by atoms with Gasteiger partial charge in [0.1, 0.15) is 5.82 Å². The summed E-state index contributed by atoms with van der Waals surface area (Å²) in [4.78, 5) is 10.5. The van der Waals surface area contributed by atoms with E-state index in [-0.39, 0.29) is 0 Å². The van der Waals surface area contributed by atoms with Crippen molar-refractivity contribution in [3.05, 3.63) is 12.3 Å². The molecule has 4 nitrogen and oxygen atoms in total. The lowest BCUT2D eigenvalue weighted by atomic mass is 10.1. The lowest BCUT2D eigenvalue weighted by molar-refractivity contribution is 0.554. The van der Waals surface area contributed by atoms with E-state index in [2.05, 4.69) is 14.9 Å². The van der Waals surface area contributed by atoms with Crippen molar-refractivity contribution in [2.24, 2.45) is 0 Å². The van der Waals surface area contributed by atoms with Gasteiger partial charge in [-0.15, -0.1) is 0 Å². The third-order valence-electron chi connectivity index (χ3n) is 2.84. The minimum atomic E-state index is 0.370. The van der Waals surface area contributed by atoms with Crippen LogP contribution in [0.15, 0.2) is 12.3 Å². The monoisotopic (exact) mass is 206 g/mol. The molecule has 0 atom stereocenters. The molecule has 0 spiro atoms. The van der Waals surface area contributed by atoms with Gasteiger partial charge in [0.25, 0.3) is 0 Å². The Kier molecular flexibility index (Phi) is 3.37. The van der Waals surface area contributed by atoms with Crippen molar-refractivity contribution < 1.29 is 0 Å². The number of hydrogen-bond donors (Lipinski definition) is 1. The summed E-state index contributed by atoms with van der Waals surface area (Å²) in [5.74, 6) is 1.35. The number of anilines is 2. The van der Waals surface area contributed by atoms with Crippen LogP contribution in [0.25, 0.3) is 0 Å². The Hall–Kier alpha value is -1.32. The average Bonchev–Trinajstić information content (AvgIpc) is 2.16. The molecular formula is C11H18N4. The van der Waals surface area contributed by atoms with E-state index in [1.54, 1.807) is 6.20 Å². The van der Waals surface area contributed by atoms with Crippen LogP contribution in [0.1, 0.15) is 32.1 Å². The first-order valence-corrected chi connectivity index (χ1v) is 5.70. The van der Waals surface area contributed by atoms with Crippen LogP contribution >= 0.6 is 0 Å². The number of nitrogen functional groups attached to an aromatic ring is 1. The first-order chi connectivity index (χ1) is 7.36. The highest BCUT2D eigenvalue weighted by atomic mass is 15.2. The van der Waals surface area contributed by atoms with Crippen molar-refractivity contribution >= 4 is 11.8 Å². The van der Waals surface area contributed by atoms with Gasteiger partial charge >= 0.3 is 0 Å². The quantitative estimate of drug-likeness (QED) is 0.761. The zero-order valence-electron chi connectivity index (χ0n) is 9.02. The van der Waals surface area contributed by atoms with E-state index in [9.17, 15) is 0 Å². The van der Waals surface area contributed by atoms with Crippen molar-refractivity contribution in [2.75, 3.05) is 23.7 Å². The molecule has 0 unspecified atom stereocenters. The SMILES string of the molecule is Nc1nccc(N2CCCCCCC2)n1. The van der Waals surface area contributed by atoms with E-state index in [1.807, 2.05) is 6.07 Å². The predicted molar refractivity (Wildman–Crippen MR) is 61.7 cm³/mol. The van der Waals surface area contributed by atoms with Crippen LogP contribution in [0.3, 0.4) is 0 Å². The third-order valence-corrected chi connectivity index (χ3v) is 2.84. The van der Waals surface area contributed by atoms with Crippen molar-refractivity contribution in [3.8, 4) is 0 Å². The summed E-state index contributed by atoms with van der Waals surface area (Å²) in [5.41, 5.74) is 5.59. The second-order valence-electron chi connectivity index (χ2n) is 4.03. The molecule has 1 aromatic heterocycles. The number of hydrogen-bond acceptors (Lipinski definition) is 4. The zero-order chi connectivity index (χ0) is 10.5. The van der Waals surface area contributed by atoms with Crippen LogP contribution in [0, 0.1) is 0 Å². The van der Waals surface area contributed by atoms with Crippen LogP contribution in [0.4, 0.5) is 11.8 Å². The van der Waals surface area contributed by atoms with E-state index < -0.39 is 0 Å². The van der Waals surface area contributed by atoms with Gasteiger partial charge in [-0.25, -0.2) is 4.98 Å². The largest absolute Gasteiger partial charge is 0.368 e. The molecule has 2 rings (SSSR count). The molecule has 1 fully saturated rings. The Morgan fingerprint density at radius 2 is 1.73 bits per heavy atom. The molecular weight excluding hydrogens is 188 g/mol. The number of rotatable bonds is 1. The molecule has 1 aliphatic rings. The maximum Gasteiger partial charge on any atom is 0.221 e. The summed E-state index contributed by atoms with van der Waals surface area (Å²) in [5, 5.41) is 0. The number of nitrogens with two attached hydrogens (primary N) is 1. The minimum absolute atomic E-state index is 0.370. The van der Waals surface area contributed by atoms with Gasteiger partial charge in [-0.1, -0.05) is 19.3 Å². The van der Waals surface area contributed by atoms with Crippen molar-refractivity contribution in [2.45, 2.75) is 32.1 Å². The van der Waals surface area contributed by atoms with Gasteiger partial charge in [-0.2, -0.15) is 4.98 Å². The van der Waals surface area contributed by atoms with E-state index in [4.69, 9.17) is 5.73 Å². The highest BCUT2D eigenvalue weighted by molar-refractivity contribution is 5.40. The van der Waals surface area contributed by atoms with Crippen LogP contribution in [0.5, 0.6) is 0 Å². The molecule has 2 heterocycles. The number of aromatic nitrogens is 2. The third kappa shape index (κ3) is 2.81. The minimum Gasteiger partial charge on any atom is -0.368 e. The van der Waals surface area contributed by atoms with Crippen molar-refractivity contribution in [1.29, 1.82) is 0 Å². The Labute approximate surface area is 90.5 Å². The van der Waals surface area contributed by atoms with Crippen LogP contribution < -0.4 is 10.6 Å². The lowest BCUT2D eigenvalue weighted by Gasteiger charge is -2.25. The van der Waals surface area contributed by atoms with E-state index in [1.165, 1.54) is 32.1 Å². The van der Waals surface area contributed by atoms with Gasteiger partial charge in [-0.3, -0.25) is 0 Å². The molecule has 1 aromatic rings. The van der Waals surface area contributed by atoms with Crippen LogP contribution in [-0.4, -0.2) is 23.1 Å². The molecule has 1 saturated heterocycles. The molecule has 82 valence electrons. The van der Waals surface area contributed by atoms with Crippen LogP contribution in [-0.2, 0) is 0 Å². The molecule has 2 N–H and O–H groups in total. The maximum atomic E-state index is 5.59. The molecule has 15 heavy (non-hydrogen) atoms.